The minimum atomic E-state index is -1.09. The third kappa shape index (κ3) is 2.46. The third-order valence-electron chi connectivity index (χ3n) is 3.03. The molecule has 1 aliphatic rings. The van der Waals surface area contributed by atoms with Gasteiger partial charge in [0.1, 0.15) is 5.69 Å². The number of H-pyrrole nitrogens is 1. The summed E-state index contributed by atoms with van der Waals surface area (Å²) in [7, 11) is 0. The van der Waals surface area contributed by atoms with Crippen molar-refractivity contribution in [3.05, 3.63) is 11.8 Å². The van der Waals surface area contributed by atoms with Crippen molar-refractivity contribution in [2.75, 3.05) is 5.32 Å². The fourth-order valence-corrected chi connectivity index (χ4v) is 2.18. The van der Waals surface area contributed by atoms with Crippen molar-refractivity contribution in [1.29, 1.82) is 0 Å². The normalized spacial score (nSPS) is 18.5. The van der Waals surface area contributed by atoms with E-state index in [-0.39, 0.29) is 28.8 Å². The van der Waals surface area contributed by atoms with Gasteiger partial charge in [-0.1, -0.05) is 13.8 Å². The maximum atomic E-state index is 11.7. The number of carboxylic acids is 1. The van der Waals surface area contributed by atoms with Gasteiger partial charge in [0, 0.05) is 12.0 Å². The van der Waals surface area contributed by atoms with Gasteiger partial charge in [0.2, 0.25) is 5.91 Å². The predicted octanol–water partition coefficient (Wildman–Crippen LogP) is 1.48. The molecule has 1 aliphatic carbocycles. The first-order chi connectivity index (χ1) is 7.87. The van der Waals surface area contributed by atoms with E-state index in [1.165, 1.54) is 6.07 Å². The largest absolute Gasteiger partial charge is 0.477 e. The van der Waals surface area contributed by atoms with Gasteiger partial charge in [-0.2, -0.15) is 5.10 Å². The van der Waals surface area contributed by atoms with Crippen LogP contribution in [0.4, 0.5) is 5.82 Å². The smallest absolute Gasteiger partial charge is 0.353 e. The predicted molar refractivity (Wildman–Crippen MR) is 60.7 cm³/mol. The summed E-state index contributed by atoms with van der Waals surface area (Å²) in [4.78, 5) is 22.4. The minimum Gasteiger partial charge on any atom is -0.477 e. The van der Waals surface area contributed by atoms with Crippen LogP contribution in [0.2, 0.25) is 0 Å². The molecule has 0 spiro atoms. The summed E-state index contributed by atoms with van der Waals surface area (Å²) >= 11 is 0. The number of aromatic carboxylic acids is 1. The highest BCUT2D eigenvalue weighted by atomic mass is 16.4. The summed E-state index contributed by atoms with van der Waals surface area (Å²) in [5.41, 5.74) is 0.203. The van der Waals surface area contributed by atoms with Crippen LogP contribution < -0.4 is 5.32 Å². The van der Waals surface area contributed by atoms with Crippen molar-refractivity contribution in [2.45, 2.75) is 26.7 Å². The Labute approximate surface area is 98.4 Å². The molecule has 0 radical (unpaired) electrons. The van der Waals surface area contributed by atoms with E-state index in [4.69, 9.17) is 5.11 Å². The maximum Gasteiger partial charge on any atom is 0.353 e. The molecule has 1 amide bonds. The minimum absolute atomic E-state index is 0.00924. The van der Waals surface area contributed by atoms with Crippen molar-refractivity contribution < 1.29 is 14.7 Å². The molecular formula is C11H15N3O3. The number of carboxylic acid groups (broad SMARTS) is 1. The van der Waals surface area contributed by atoms with Gasteiger partial charge in [0.05, 0.1) is 0 Å². The summed E-state index contributed by atoms with van der Waals surface area (Å²) in [5.74, 6) is -0.914. The van der Waals surface area contributed by atoms with Crippen LogP contribution in [0.25, 0.3) is 0 Å². The van der Waals surface area contributed by atoms with Crippen LogP contribution in [0.15, 0.2) is 6.07 Å². The molecule has 0 aliphatic heterocycles. The first kappa shape index (κ1) is 11.6. The Balaban J connectivity index is 1.93. The SMILES string of the molecule is CC1(C)CC(C(=O)Nc2cc(C(=O)O)[nH]n2)C1. The number of hydrogen-bond donors (Lipinski definition) is 3. The summed E-state index contributed by atoms with van der Waals surface area (Å²) in [6.45, 7) is 4.24. The van der Waals surface area contributed by atoms with Gasteiger partial charge in [-0.25, -0.2) is 4.79 Å². The molecule has 0 aromatic carbocycles. The average molecular weight is 237 g/mol. The molecule has 0 saturated heterocycles. The molecule has 0 unspecified atom stereocenters. The molecule has 1 fully saturated rings. The number of carbonyl (C=O) groups is 2. The van der Waals surface area contributed by atoms with E-state index in [0.29, 0.717) is 0 Å². The number of aromatic nitrogens is 2. The van der Waals surface area contributed by atoms with Crippen LogP contribution in [0.3, 0.4) is 0 Å². The Hall–Kier alpha value is -1.85. The molecule has 0 atom stereocenters. The van der Waals surface area contributed by atoms with Crippen molar-refractivity contribution in [2.24, 2.45) is 11.3 Å². The van der Waals surface area contributed by atoms with Gasteiger partial charge in [0.15, 0.2) is 5.82 Å². The Bertz CT molecular complexity index is 456. The standard InChI is InChI=1S/C11H15N3O3/c1-11(2)4-6(5-11)9(15)12-8-3-7(10(16)17)13-14-8/h3,6H,4-5H2,1-2H3,(H,16,17)(H2,12,13,14,15). The van der Waals surface area contributed by atoms with E-state index < -0.39 is 5.97 Å². The summed E-state index contributed by atoms with van der Waals surface area (Å²) in [6, 6.07) is 1.31. The zero-order chi connectivity index (χ0) is 12.6. The number of aromatic amines is 1. The van der Waals surface area contributed by atoms with Crippen LogP contribution >= 0.6 is 0 Å². The van der Waals surface area contributed by atoms with Gasteiger partial charge in [-0.3, -0.25) is 9.89 Å². The van der Waals surface area contributed by atoms with Crippen LogP contribution in [0.1, 0.15) is 37.2 Å². The molecule has 0 bridgehead atoms. The van der Waals surface area contributed by atoms with E-state index in [0.717, 1.165) is 12.8 Å². The summed E-state index contributed by atoms with van der Waals surface area (Å²) in [5, 5.41) is 17.4. The van der Waals surface area contributed by atoms with Gasteiger partial charge in [-0.15, -0.1) is 0 Å². The fraction of sp³-hybridized carbons (Fsp3) is 0.545. The molecule has 1 heterocycles. The Morgan fingerprint density at radius 3 is 2.65 bits per heavy atom. The van der Waals surface area contributed by atoms with E-state index in [1.54, 1.807) is 0 Å². The van der Waals surface area contributed by atoms with Crippen LogP contribution in [0.5, 0.6) is 0 Å². The third-order valence-corrected chi connectivity index (χ3v) is 3.03. The number of hydrogen-bond acceptors (Lipinski definition) is 3. The Morgan fingerprint density at radius 1 is 1.53 bits per heavy atom. The van der Waals surface area contributed by atoms with Crippen molar-refractivity contribution >= 4 is 17.7 Å². The van der Waals surface area contributed by atoms with Gasteiger partial charge in [-0.05, 0) is 18.3 Å². The molecule has 1 aromatic heterocycles. The second kappa shape index (κ2) is 3.87. The zero-order valence-corrected chi connectivity index (χ0v) is 9.78. The zero-order valence-electron chi connectivity index (χ0n) is 9.78. The van der Waals surface area contributed by atoms with E-state index in [9.17, 15) is 9.59 Å². The Morgan fingerprint density at radius 2 is 2.18 bits per heavy atom. The van der Waals surface area contributed by atoms with Crippen molar-refractivity contribution in [3.8, 4) is 0 Å². The lowest BCUT2D eigenvalue weighted by atomic mass is 9.64. The molecule has 17 heavy (non-hydrogen) atoms. The number of amides is 1. The molecule has 6 heteroatoms. The van der Waals surface area contributed by atoms with Gasteiger partial charge < -0.3 is 10.4 Å². The highest BCUT2D eigenvalue weighted by Crippen LogP contribution is 2.44. The highest BCUT2D eigenvalue weighted by molar-refractivity contribution is 5.94. The lowest BCUT2D eigenvalue weighted by molar-refractivity contribution is -0.126. The van der Waals surface area contributed by atoms with Gasteiger partial charge in [0.25, 0.3) is 0 Å². The first-order valence-electron chi connectivity index (χ1n) is 5.47. The lowest BCUT2D eigenvalue weighted by Gasteiger charge is -2.41. The van der Waals surface area contributed by atoms with Gasteiger partial charge >= 0.3 is 5.97 Å². The van der Waals surface area contributed by atoms with Crippen LogP contribution in [-0.4, -0.2) is 27.2 Å². The number of carbonyl (C=O) groups excluding carboxylic acids is 1. The van der Waals surface area contributed by atoms with E-state index >= 15 is 0 Å². The first-order valence-corrected chi connectivity index (χ1v) is 5.47. The average Bonchev–Trinajstić information content (AvgIpc) is 2.62. The summed E-state index contributed by atoms with van der Waals surface area (Å²) in [6.07, 6.45) is 1.71. The fourth-order valence-electron chi connectivity index (χ4n) is 2.18. The van der Waals surface area contributed by atoms with Crippen LogP contribution in [0, 0.1) is 11.3 Å². The van der Waals surface area contributed by atoms with Crippen molar-refractivity contribution in [3.63, 3.8) is 0 Å². The lowest BCUT2D eigenvalue weighted by Crippen LogP contribution is -2.39. The second-order valence-electron chi connectivity index (χ2n) is 5.23. The Kier molecular flexibility index (Phi) is 2.65. The van der Waals surface area contributed by atoms with Crippen LogP contribution in [-0.2, 0) is 4.79 Å². The quantitative estimate of drug-likeness (QED) is 0.742. The number of rotatable bonds is 3. The molecule has 3 N–H and O–H groups in total. The van der Waals surface area contributed by atoms with E-state index in [1.807, 2.05) is 0 Å². The summed E-state index contributed by atoms with van der Waals surface area (Å²) < 4.78 is 0. The molecule has 92 valence electrons. The molecule has 1 saturated carbocycles. The number of nitrogens with one attached hydrogen (secondary N) is 2. The molecule has 1 aromatic rings. The monoisotopic (exact) mass is 237 g/mol. The highest BCUT2D eigenvalue weighted by Gasteiger charge is 2.40. The van der Waals surface area contributed by atoms with Crippen molar-refractivity contribution in [1.82, 2.24) is 10.2 Å². The number of nitrogens with zero attached hydrogens (tertiary/aromatic N) is 1. The molecular weight excluding hydrogens is 222 g/mol. The topological polar surface area (TPSA) is 95.1 Å². The number of anilines is 1. The molecule has 6 nitrogen and oxygen atoms in total. The second-order valence-corrected chi connectivity index (χ2v) is 5.23. The maximum absolute atomic E-state index is 11.7. The van der Waals surface area contributed by atoms with E-state index in [2.05, 4.69) is 29.4 Å². The molecule has 2 rings (SSSR count).